The van der Waals surface area contributed by atoms with Crippen molar-refractivity contribution in [2.45, 2.75) is 78.1 Å². The number of rotatable bonds is 11. The van der Waals surface area contributed by atoms with Gasteiger partial charge >= 0.3 is 0 Å². The van der Waals surface area contributed by atoms with Crippen molar-refractivity contribution in [1.82, 2.24) is 30.7 Å². The fourth-order valence-electron chi connectivity index (χ4n) is 5.57. The molecule has 4 N–H and O–H groups in total. The van der Waals surface area contributed by atoms with Crippen LogP contribution in [0.4, 0.5) is 0 Å². The zero-order valence-electron chi connectivity index (χ0n) is 25.3. The average Bonchev–Trinajstić information content (AvgIpc) is 3.58. The van der Waals surface area contributed by atoms with E-state index in [4.69, 9.17) is 0 Å². The molecule has 3 atom stereocenters. The molecule has 1 aromatic carbocycles. The third-order valence-electron chi connectivity index (χ3n) is 8.05. The highest BCUT2D eigenvalue weighted by molar-refractivity contribution is 7.13. The lowest BCUT2D eigenvalue weighted by Gasteiger charge is -2.35. The molecule has 0 radical (unpaired) electrons. The Morgan fingerprint density at radius 2 is 1.86 bits per heavy atom. The minimum atomic E-state index is -0.804. The van der Waals surface area contributed by atoms with E-state index in [2.05, 4.69) is 25.8 Å². The molecule has 42 heavy (non-hydrogen) atoms. The first kappa shape index (κ1) is 32.1. The van der Waals surface area contributed by atoms with Gasteiger partial charge in [0.1, 0.15) is 12.1 Å². The fraction of sp³-hybridized carbons (Fsp3) is 0.613. The molecule has 0 aliphatic carbocycles. The quantitative estimate of drug-likeness (QED) is 0.293. The van der Waals surface area contributed by atoms with Gasteiger partial charge in [0.2, 0.25) is 17.7 Å². The molecule has 11 heteroatoms. The Morgan fingerprint density at radius 1 is 1.14 bits per heavy atom. The lowest BCUT2D eigenvalue weighted by Crippen LogP contribution is -2.57. The van der Waals surface area contributed by atoms with E-state index >= 15 is 0 Å². The number of carbonyl (C=O) groups excluding carboxylic acids is 3. The van der Waals surface area contributed by atoms with Crippen LogP contribution in [0.5, 0.6) is 0 Å². The summed E-state index contributed by atoms with van der Waals surface area (Å²) in [5.74, 6) is -0.812. The maximum absolute atomic E-state index is 13.8. The summed E-state index contributed by atoms with van der Waals surface area (Å²) in [7, 11) is 0. The maximum Gasteiger partial charge on any atom is 0.246 e. The molecular formula is C31H46N6O4S. The highest BCUT2D eigenvalue weighted by Crippen LogP contribution is 2.28. The molecule has 2 fully saturated rings. The van der Waals surface area contributed by atoms with Crippen LogP contribution in [-0.2, 0) is 20.9 Å². The number of nitrogens with one attached hydrogen (secondary N) is 3. The lowest BCUT2D eigenvalue weighted by atomic mass is 9.85. The van der Waals surface area contributed by atoms with Gasteiger partial charge in [0.15, 0.2) is 0 Å². The Bertz CT molecular complexity index is 1200. The Kier molecular flexibility index (Phi) is 11.1. The molecular weight excluding hydrogens is 552 g/mol. The van der Waals surface area contributed by atoms with E-state index in [1.165, 1.54) is 4.90 Å². The molecule has 4 rings (SSSR count). The van der Waals surface area contributed by atoms with Crippen molar-refractivity contribution in [3.8, 4) is 10.4 Å². The van der Waals surface area contributed by atoms with E-state index < -0.39 is 23.6 Å². The number of β-amino-alcohol motifs (C(OH)–C–C–N with tert-alkyl or cyclic N) is 1. The van der Waals surface area contributed by atoms with Crippen LogP contribution < -0.4 is 16.0 Å². The van der Waals surface area contributed by atoms with Crippen LogP contribution in [-0.4, -0.2) is 95.1 Å². The van der Waals surface area contributed by atoms with Crippen molar-refractivity contribution in [2.24, 2.45) is 5.41 Å². The van der Waals surface area contributed by atoms with Gasteiger partial charge < -0.3 is 30.9 Å². The molecule has 0 saturated carbocycles. The van der Waals surface area contributed by atoms with E-state index in [0.29, 0.717) is 13.0 Å². The van der Waals surface area contributed by atoms with Gasteiger partial charge in [0.25, 0.3) is 0 Å². The van der Waals surface area contributed by atoms with Crippen molar-refractivity contribution < 1.29 is 19.5 Å². The standard InChI is InChI=1S/C31H46N6O4S/c1-21-27(42-20-34-21)23-10-8-22(9-11-23)18-33-29(40)25-17-24(38)19-37(25)30(41)28(31(2,3)4)35-26(39)7-5-6-14-36-15-12-32-13-16-36/h8-11,20,24-25,28,32,38H,5-7,12-19H2,1-4H3,(H,33,40)(H,35,39). The summed E-state index contributed by atoms with van der Waals surface area (Å²) in [4.78, 5) is 49.2. The number of likely N-dealkylation sites (tertiary alicyclic amines) is 1. The van der Waals surface area contributed by atoms with Gasteiger partial charge in [0, 0.05) is 52.1 Å². The second-order valence-corrected chi connectivity index (χ2v) is 13.3. The highest BCUT2D eigenvalue weighted by atomic mass is 32.1. The molecule has 0 spiro atoms. The molecule has 3 unspecified atom stereocenters. The van der Waals surface area contributed by atoms with Crippen LogP contribution in [0.25, 0.3) is 10.4 Å². The van der Waals surface area contributed by atoms with Gasteiger partial charge in [-0.05, 0) is 42.9 Å². The first-order valence-electron chi connectivity index (χ1n) is 15.0. The number of hydrogen-bond acceptors (Lipinski definition) is 8. The first-order valence-corrected chi connectivity index (χ1v) is 15.9. The second-order valence-electron chi connectivity index (χ2n) is 12.5. The van der Waals surface area contributed by atoms with Gasteiger partial charge in [-0.2, -0.15) is 0 Å². The van der Waals surface area contributed by atoms with Gasteiger partial charge in [-0.1, -0.05) is 45.0 Å². The zero-order chi connectivity index (χ0) is 30.3. The van der Waals surface area contributed by atoms with Crippen molar-refractivity contribution >= 4 is 29.1 Å². The normalized spacial score (nSPS) is 20.4. The smallest absolute Gasteiger partial charge is 0.246 e. The molecule has 3 heterocycles. The third kappa shape index (κ3) is 8.59. The first-order chi connectivity index (χ1) is 20.0. The van der Waals surface area contributed by atoms with Gasteiger partial charge in [-0.3, -0.25) is 14.4 Å². The maximum atomic E-state index is 13.8. The predicted octanol–water partition coefficient (Wildman–Crippen LogP) is 2.30. The number of thiazole rings is 1. The van der Waals surface area contributed by atoms with Crippen molar-refractivity contribution in [3.05, 3.63) is 41.0 Å². The average molecular weight is 599 g/mol. The van der Waals surface area contributed by atoms with Crippen LogP contribution in [0, 0.1) is 12.3 Å². The SMILES string of the molecule is Cc1ncsc1-c1ccc(CNC(=O)C2CC(O)CN2C(=O)C(NC(=O)CCCCN2CCNCC2)C(C)(C)C)cc1. The van der Waals surface area contributed by atoms with Crippen molar-refractivity contribution in [2.75, 3.05) is 39.3 Å². The lowest BCUT2D eigenvalue weighted by molar-refractivity contribution is -0.144. The summed E-state index contributed by atoms with van der Waals surface area (Å²) in [6.45, 7) is 13.1. The minimum absolute atomic E-state index is 0.0625. The van der Waals surface area contributed by atoms with E-state index in [0.717, 1.165) is 67.3 Å². The molecule has 2 saturated heterocycles. The number of aryl methyl sites for hydroxylation is 1. The van der Waals surface area contributed by atoms with E-state index in [1.54, 1.807) is 11.3 Å². The van der Waals surface area contributed by atoms with Crippen molar-refractivity contribution in [1.29, 1.82) is 0 Å². The Hall–Kier alpha value is -2.86. The molecule has 2 aliphatic heterocycles. The van der Waals surface area contributed by atoms with Crippen LogP contribution >= 0.6 is 11.3 Å². The summed E-state index contributed by atoms with van der Waals surface area (Å²) >= 11 is 1.59. The van der Waals surface area contributed by atoms with E-state index in [-0.39, 0.29) is 30.7 Å². The Balaban J connectivity index is 1.31. The highest BCUT2D eigenvalue weighted by Gasteiger charge is 2.44. The number of aromatic nitrogens is 1. The summed E-state index contributed by atoms with van der Waals surface area (Å²) < 4.78 is 0. The molecule has 2 aliphatic rings. The third-order valence-corrected chi connectivity index (χ3v) is 9.03. The van der Waals surface area contributed by atoms with Gasteiger partial charge in [0.05, 0.1) is 22.2 Å². The molecule has 2 aromatic rings. The monoisotopic (exact) mass is 598 g/mol. The summed E-state index contributed by atoms with van der Waals surface area (Å²) in [6.07, 6.45) is 1.39. The summed E-state index contributed by atoms with van der Waals surface area (Å²) in [5.41, 5.74) is 4.26. The summed E-state index contributed by atoms with van der Waals surface area (Å²) in [5, 5.41) is 19.7. The number of piperazine rings is 1. The van der Waals surface area contributed by atoms with E-state index in [1.807, 2.05) is 57.5 Å². The van der Waals surface area contributed by atoms with Crippen LogP contribution in [0.15, 0.2) is 29.8 Å². The fourth-order valence-corrected chi connectivity index (χ4v) is 6.38. The van der Waals surface area contributed by atoms with Crippen molar-refractivity contribution in [3.63, 3.8) is 0 Å². The van der Waals surface area contributed by atoms with Gasteiger partial charge in [-0.25, -0.2) is 4.98 Å². The molecule has 1 aromatic heterocycles. The number of unbranched alkanes of at least 4 members (excludes halogenated alkanes) is 1. The van der Waals surface area contributed by atoms with E-state index in [9.17, 15) is 19.5 Å². The zero-order valence-corrected chi connectivity index (χ0v) is 26.1. The minimum Gasteiger partial charge on any atom is -0.391 e. The van der Waals surface area contributed by atoms with Gasteiger partial charge in [-0.15, -0.1) is 11.3 Å². The van der Waals surface area contributed by atoms with Crippen LogP contribution in [0.2, 0.25) is 0 Å². The largest absolute Gasteiger partial charge is 0.391 e. The summed E-state index contributed by atoms with van der Waals surface area (Å²) in [6, 6.07) is 6.36. The number of benzene rings is 1. The second kappa shape index (κ2) is 14.5. The number of nitrogens with zero attached hydrogens (tertiary/aromatic N) is 3. The number of hydrogen-bond donors (Lipinski definition) is 4. The molecule has 230 valence electrons. The Labute approximate surface area is 253 Å². The number of aliphatic hydroxyl groups is 1. The van der Waals surface area contributed by atoms with Crippen LogP contribution in [0.3, 0.4) is 0 Å². The molecule has 10 nitrogen and oxygen atoms in total. The Morgan fingerprint density at radius 3 is 2.50 bits per heavy atom. The number of carbonyl (C=O) groups is 3. The predicted molar refractivity (Wildman–Crippen MR) is 165 cm³/mol. The number of amides is 3. The topological polar surface area (TPSA) is 127 Å². The molecule has 0 bridgehead atoms. The van der Waals surface area contributed by atoms with Crippen LogP contribution in [0.1, 0.15) is 57.7 Å². The molecule has 3 amide bonds. The number of aliphatic hydroxyl groups excluding tert-OH is 1.